The molecule has 0 radical (unpaired) electrons. The number of amides is 1. The molecule has 3 aromatic rings. The monoisotopic (exact) mass is 531 g/mol. The third kappa shape index (κ3) is 4.19. The van der Waals surface area contributed by atoms with Crippen LogP contribution in [0.25, 0.3) is 5.76 Å². The number of methoxy groups -OCH3 is 1. The number of aliphatic hydroxyl groups excluding tert-OH is 1. The summed E-state index contributed by atoms with van der Waals surface area (Å²) in [6, 6.07) is 15.8. The molecule has 0 bridgehead atoms. The number of anilines is 1. The predicted molar refractivity (Wildman–Crippen MR) is 123 cm³/mol. The van der Waals surface area contributed by atoms with Gasteiger partial charge in [-0.1, -0.05) is 52.3 Å². The summed E-state index contributed by atoms with van der Waals surface area (Å²) in [6.07, 6.45) is -4.65. The zero-order chi connectivity index (χ0) is 24.6. The summed E-state index contributed by atoms with van der Waals surface area (Å²) in [5.74, 6) is -2.23. The van der Waals surface area contributed by atoms with E-state index in [0.717, 1.165) is 27.6 Å². The van der Waals surface area contributed by atoms with E-state index in [1.54, 1.807) is 48.5 Å². The van der Waals surface area contributed by atoms with Crippen LogP contribution in [0.15, 0.2) is 82.8 Å². The molecule has 0 aliphatic carbocycles. The van der Waals surface area contributed by atoms with Crippen molar-refractivity contribution >= 4 is 39.1 Å². The second kappa shape index (κ2) is 8.98. The quantitative estimate of drug-likeness (QED) is 0.251. The molecule has 1 fully saturated rings. The van der Waals surface area contributed by atoms with Gasteiger partial charge in [-0.2, -0.15) is 13.2 Å². The molecule has 5 nitrogen and oxygen atoms in total. The van der Waals surface area contributed by atoms with E-state index in [4.69, 9.17) is 4.74 Å². The summed E-state index contributed by atoms with van der Waals surface area (Å²) in [7, 11) is 1.39. The van der Waals surface area contributed by atoms with Crippen molar-refractivity contribution in [2.75, 3.05) is 12.0 Å². The van der Waals surface area contributed by atoms with Gasteiger partial charge >= 0.3 is 6.18 Å². The van der Waals surface area contributed by atoms with Gasteiger partial charge in [-0.3, -0.25) is 14.5 Å². The van der Waals surface area contributed by atoms with E-state index >= 15 is 0 Å². The molecule has 0 aromatic heterocycles. The van der Waals surface area contributed by atoms with Crippen LogP contribution in [0.3, 0.4) is 0 Å². The number of rotatable bonds is 4. The maximum absolute atomic E-state index is 13.4. The molecule has 1 unspecified atom stereocenters. The lowest BCUT2D eigenvalue weighted by Gasteiger charge is -2.27. The number of aliphatic hydroxyl groups is 1. The number of hydrogen-bond acceptors (Lipinski definition) is 4. The molecule has 9 heteroatoms. The SMILES string of the molecule is COc1ccccc1C1C(=C(O)c2ccc(Br)cc2)C(=O)C(=O)N1c1cccc(C(F)(F)F)c1. The number of ether oxygens (including phenoxy) is 1. The van der Waals surface area contributed by atoms with Crippen LogP contribution in [0.4, 0.5) is 18.9 Å². The zero-order valence-corrected chi connectivity index (χ0v) is 19.2. The molecule has 1 aliphatic rings. The average molecular weight is 532 g/mol. The number of para-hydroxylation sites is 1. The van der Waals surface area contributed by atoms with E-state index in [2.05, 4.69) is 15.9 Å². The molecule has 4 rings (SSSR count). The molecule has 0 spiro atoms. The van der Waals surface area contributed by atoms with Crippen molar-refractivity contribution < 1.29 is 32.6 Å². The smallest absolute Gasteiger partial charge is 0.416 e. The number of hydrogen-bond donors (Lipinski definition) is 1. The Morgan fingerprint density at radius 3 is 2.32 bits per heavy atom. The van der Waals surface area contributed by atoms with Gasteiger partial charge < -0.3 is 9.84 Å². The summed E-state index contributed by atoms with van der Waals surface area (Å²) in [6.45, 7) is 0. The van der Waals surface area contributed by atoms with Crippen molar-refractivity contribution in [3.8, 4) is 5.75 Å². The standard InChI is InChI=1S/C25H17BrF3NO4/c1-34-19-8-3-2-7-18(19)21-20(22(31)14-9-11-16(26)12-10-14)23(32)24(33)30(21)17-6-4-5-15(13-17)25(27,28)29/h2-13,21,31H,1H3. The van der Waals surface area contributed by atoms with Gasteiger partial charge in [0.1, 0.15) is 11.5 Å². The largest absolute Gasteiger partial charge is 0.507 e. The van der Waals surface area contributed by atoms with Crippen LogP contribution >= 0.6 is 15.9 Å². The minimum absolute atomic E-state index is 0.136. The van der Waals surface area contributed by atoms with Crippen molar-refractivity contribution in [3.63, 3.8) is 0 Å². The molecule has 174 valence electrons. The number of halogens is 4. The summed E-state index contributed by atoms with van der Waals surface area (Å²) in [4.78, 5) is 27.3. The summed E-state index contributed by atoms with van der Waals surface area (Å²) < 4.78 is 46.3. The molecule has 1 amide bonds. The molecule has 34 heavy (non-hydrogen) atoms. The Balaban J connectivity index is 1.98. The summed E-state index contributed by atoms with van der Waals surface area (Å²) >= 11 is 3.29. The van der Waals surface area contributed by atoms with Gasteiger partial charge in [-0.25, -0.2) is 0 Å². The Morgan fingerprint density at radius 1 is 1.00 bits per heavy atom. The van der Waals surface area contributed by atoms with Crippen molar-refractivity contribution in [1.82, 2.24) is 0 Å². The maximum atomic E-state index is 13.4. The fourth-order valence-electron chi connectivity index (χ4n) is 3.88. The number of Topliss-reactive ketones (excluding diaryl/α,β-unsaturated/α-hetero) is 1. The topological polar surface area (TPSA) is 66.8 Å². The van der Waals surface area contributed by atoms with Crippen LogP contribution in [0.1, 0.15) is 22.7 Å². The second-order valence-electron chi connectivity index (χ2n) is 7.47. The van der Waals surface area contributed by atoms with Gasteiger partial charge in [0.2, 0.25) is 0 Å². The molecule has 0 saturated carbocycles. The number of alkyl halides is 3. The van der Waals surface area contributed by atoms with Crippen molar-refractivity contribution in [1.29, 1.82) is 0 Å². The Labute approximate surface area is 201 Å². The molecule has 1 heterocycles. The number of nitrogens with zero attached hydrogens (tertiary/aromatic N) is 1. The van der Waals surface area contributed by atoms with E-state index in [-0.39, 0.29) is 16.8 Å². The first-order valence-corrected chi connectivity index (χ1v) is 10.8. The Kier molecular flexibility index (Phi) is 6.22. The summed E-state index contributed by atoms with van der Waals surface area (Å²) in [5, 5.41) is 11.1. The lowest BCUT2D eigenvalue weighted by Crippen LogP contribution is -2.30. The molecular formula is C25H17BrF3NO4. The van der Waals surface area contributed by atoms with Crippen LogP contribution in [0.2, 0.25) is 0 Å². The van der Waals surface area contributed by atoms with Crippen molar-refractivity contribution in [3.05, 3.63) is 99.5 Å². The van der Waals surface area contributed by atoms with Gasteiger partial charge in [0, 0.05) is 21.3 Å². The number of carbonyl (C=O) groups is 2. The number of ketones is 1. The third-order valence-electron chi connectivity index (χ3n) is 5.45. The van der Waals surface area contributed by atoms with E-state index in [9.17, 15) is 27.9 Å². The first kappa shape index (κ1) is 23.6. The first-order valence-electron chi connectivity index (χ1n) is 10.0. The van der Waals surface area contributed by atoms with Crippen molar-refractivity contribution in [2.45, 2.75) is 12.2 Å². The Hall–Kier alpha value is -3.59. The second-order valence-corrected chi connectivity index (χ2v) is 8.38. The van der Waals surface area contributed by atoms with Crippen LogP contribution in [0, 0.1) is 0 Å². The predicted octanol–water partition coefficient (Wildman–Crippen LogP) is 6.10. The highest BCUT2D eigenvalue weighted by molar-refractivity contribution is 9.10. The molecule has 1 atom stereocenters. The Morgan fingerprint density at radius 2 is 1.68 bits per heavy atom. The fourth-order valence-corrected chi connectivity index (χ4v) is 4.15. The van der Waals surface area contributed by atoms with E-state index in [0.29, 0.717) is 11.3 Å². The first-order chi connectivity index (χ1) is 16.1. The highest BCUT2D eigenvalue weighted by Gasteiger charge is 2.48. The normalized spacial score (nSPS) is 17.8. The van der Waals surface area contributed by atoms with Gasteiger partial charge in [-0.05, 0) is 36.4 Å². The van der Waals surface area contributed by atoms with E-state index in [1.807, 2.05) is 0 Å². The lowest BCUT2D eigenvalue weighted by atomic mass is 9.94. The molecule has 3 aromatic carbocycles. The Bertz CT molecular complexity index is 1300. The highest BCUT2D eigenvalue weighted by atomic mass is 79.9. The summed E-state index contributed by atoms with van der Waals surface area (Å²) in [5.41, 5.74) is -0.763. The van der Waals surface area contributed by atoms with E-state index in [1.165, 1.54) is 13.2 Å². The van der Waals surface area contributed by atoms with Crippen LogP contribution in [0.5, 0.6) is 5.75 Å². The van der Waals surface area contributed by atoms with Crippen LogP contribution < -0.4 is 9.64 Å². The fraction of sp³-hybridized carbons (Fsp3) is 0.120. The van der Waals surface area contributed by atoms with Crippen LogP contribution in [-0.2, 0) is 15.8 Å². The average Bonchev–Trinajstić information content (AvgIpc) is 3.09. The van der Waals surface area contributed by atoms with Crippen molar-refractivity contribution in [2.24, 2.45) is 0 Å². The van der Waals surface area contributed by atoms with Gasteiger partial charge in [-0.15, -0.1) is 0 Å². The van der Waals surface area contributed by atoms with Gasteiger partial charge in [0.15, 0.2) is 0 Å². The lowest BCUT2D eigenvalue weighted by molar-refractivity contribution is -0.137. The molecule has 1 saturated heterocycles. The molecule has 1 aliphatic heterocycles. The van der Waals surface area contributed by atoms with Crippen LogP contribution in [-0.4, -0.2) is 23.9 Å². The molecule has 1 N–H and O–H groups in total. The molecular weight excluding hydrogens is 515 g/mol. The zero-order valence-electron chi connectivity index (χ0n) is 17.6. The van der Waals surface area contributed by atoms with Gasteiger partial charge in [0.05, 0.1) is 24.3 Å². The minimum atomic E-state index is -4.65. The minimum Gasteiger partial charge on any atom is -0.507 e. The maximum Gasteiger partial charge on any atom is 0.416 e. The van der Waals surface area contributed by atoms with E-state index < -0.39 is 35.2 Å². The third-order valence-corrected chi connectivity index (χ3v) is 5.98. The number of carbonyl (C=O) groups excluding carboxylic acids is 2. The van der Waals surface area contributed by atoms with Gasteiger partial charge in [0.25, 0.3) is 11.7 Å². The highest BCUT2D eigenvalue weighted by Crippen LogP contribution is 2.45. The number of benzene rings is 3.